The summed E-state index contributed by atoms with van der Waals surface area (Å²) < 4.78 is 5.14. The molecule has 4 heteroatoms. The smallest absolute Gasteiger partial charge is 0.356 e. The molecule has 0 amide bonds. The van der Waals surface area contributed by atoms with E-state index in [0.717, 1.165) is 5.56 Å². The normalized spacial score (nSPS) is 23.7. The Labute approximate surface area is 80.1 Å². The van der Waals surface area contributed by atoms with E-state index in [1.54, 1.807) is 24.3 Å². The van der Waals surface area contributed by atoms with Crippen molar-refractivity contribution in [2.75, 3.05) is 0 Å². The van der Waals surface area contributed by atoms with Crippen LogP contribution in [0.5, 0.6) is 5.75 Å². The molecule has 0 radical (unpaired) electrons. The third-order valence-corrected chi connectivity index (χ3v) is 2.27. The number of hydrogen-bond acceptors (Lipinski definition) is 3. The van der Waals surface area contributed by atoms with Crippen molar-refractivity contribution in [2.45, 2.75) is 12.0 Å². The molecule has 72 valence electrons. The Bertz CT molecular complexity index is 372. The average molecular weight is 192 g/mol. The molecule has 1 N–H and O–H groups in total. The molecule has 1 heterocycles. The topological polar surface area (TPSA) is 63.6 Å². The van der Waals surface area contributed by atoms with Gasteiger partial charge in [-0.15, -0.1) is 0 Å². The van der Waals surface area contributed by atoms with Crippen LogP contribution < -0.4 is 4.74 Å². The van der Waals surface area contributed by atoms with Crippen molar-refractivity contribution in [3.8, 4) is 5.75 Å². The number of carboxylic acid groups (broad SMARTS) is 1. The van der Waals surface area contributed by atoms with Gasteiger partial charge in [-0.3, -0.25) is 4.79 Å². The fraction of sp³-hybridized carbons (Fsp3) is 0.200. The Hall–Kier alpha value is -1.84. The number of fused-ring (bicyclic) bond motifs is 1. The van der Waals surface area contributed by atoms with Gasteiger partial charge >= 0.3 is 5.97 Å². The molecule has 1 unspecified atom stereocenters. The fourth-order valence-electron chi connectivity index (χ4n) is 1.50. The third-order valence-electron chi connectivity index (χ3n) is 2.27. The lowest BCUT2D eigenvalue weighted by molar-refractivity contribution is -0.155. The lowest BCUT2D eigenvalue weighted by Gasteiger charge is -2.15. The van der Waals surface area contributed by atoms with E-state index >= 15 is 0 Å². The molecule has 1 aromatic carbocycles. The lowest BCUT2D eigenvalue weighted by atomic mass is 9.99. The first kappa shape index (κ1) is 8.74. The van der Waals surface area contributed by atoms with Crippen molar-refractivity contribution in [3.63, 3.8) is 0 Å². The molecule has 1 aliphatic rings. The van der Waals surface area contributed by atoms with Gasteiger partial charge in [0, 0.05) is 6.42 Å². The minimum atomic E-state index is -1.72. The van der Waals surface area contributed by atoms with Gasteiger partial charge in [-0.1, -0.05) is 18.2 Å². The maximum Gasteiger partial charge on any atom is 0.356 e. The first-order valence-corrected chi connectivity index (χ1v) is 4.14. The molecule has 0 spiro atoms. The molecule has 0 saturated heterocycles. The molecule has 0 saturated carbocycles. The van der Waals surface area contributed by atoms with Crippen molar-refractivity contribution in [3.05, 3.63) is 29.8 Å². The number of hydrogen-bond donors (Lipinski definition) is 1. The van der Waals surface area contributed by atoms with Crippen molar-refractivity contribution >= 4 is 12.3 Å². The first-order valence-electron chi connectivity index (χ1n) is 4.14. The fourth-order valence-corrected chi connectivity index (χ4v) is 1.50. The Morgan fingerprint density at radius 2 is 2.21 bits per heavy atom. The maximum atomic E-state index is 10.9. The van der Waals surface area contributed by atoms with Crippen LogP contribution in [0.4, 0.5) is 0 Å². The molecule has 0 fully saturated rings. The number of aldehydes is 1. The van der Waals surface area contributed by atoms with Gasteiger partial charge in [0.2, 0.25) is 0 Å². The van der Waals surface area contributed by atoms with Crippen molar-refractivity contribution in [1.82, 2.24) is 0 Å². The van der Waals surface area contributed by atoms with Gasteiger partial charge in [0.25, 0.3) is 5.60 Å². The maximum absolute atomic E-state index is 10.9. The number of carboxylic acids is 1. The van der Waals surface area contributed by atoms with E-state index in [1.807, 2.05) is 0 Å². The van der Waals surface area contributed by atoms with Gasteiger partial charge in [-0.25, -0.2) is 4.79 Å². The van der Waals surface area contributed by atoms with E-state index in [-0.39, 0.29) is 6.42 Å². The predicted molar refractivity (Wildman–Crippen MR) is 47.2 cm³/mol. The second-order valence-corrected chi connectivity index (χ2v) is 3.20. The zero-order valence-electron chi connectivity index (χ0n) is 7.27. The summed E-state index contributed by atoms with van der Waals surface area (Å²) in [7, 11) is 0. The summed E-state index contributed by atoms with van der Waals surface area (Å²) in [6.07, 6.45) is 0.442. The number of carbonyl (C=O) groups excluding carboxylic acids is 1. The van der Waals surface area contributed by atoms with Gasteiger partial charge in [0.05, 0.1) is 0 Å². The molecular formula is C10H8O4. The number of ether oxygens (including phenoxy) is 1. The Balaban J connectivity index is 2.42. The standard InChI is InChI=1S/C10H8O4/c11-6-10(9(12)13)5-7-3-1-2-4-8(7)14-10/h1-4,6H,5H2,(H,12,13). The molecule has 4 nitrogen and oxygen atoms in total. The highest BCUT2D eigenvalue weighted by atomic mass is 16.5. The number of para-hydroxylation sites is 1. The molecule has 1 atom stereocenters. The summed E-state index contributed by atoms with van der Waals surface area (Å²) in [5, 5.41) is 8.88. The minimum absolute atomic E-state index is 0.0992. The molecular weight excluding hydrogens is 184 g/mol. The quantitative estimate of drug-likeness (QED) is 0.551. The molecule has 0 aliphatic carbocycles. The van der Waals surface area contributed by atoms with Crippen LogP contribution in [0.25, 0.3) is 0 Å². The summed E-state index contributed by atoms with van der Waals surface area (Å²) in [5.74, 6) is -0.772. The summed E-state index contributed by atoms with van der Waals surface area (Å²) >= 11 is 0. The van der Waals surface area contributed by atoms with Crippen LogP contribution in [0, 0.1) is 0 Å². The van der Waals surface area contributed by atoms with E-state index in [0.29, 0.717) is 12.0 Å². The second kappa shape index (κ2) is 2.83. The monoisotopic (exact) mass is 192 g/mol. The molecule has 2 rings (SSSR count). The van der Waals surface area contributed by atoms with E-state index in [4.69, 9.17) is 9.84 Å². The SMILES string of the molecule is O=CC1(C(=O)O)Cc2ccccc2O1. The zero-order valence-corrected chi connectivity index (χ0v) is 7.27. The van der Waals surface area contributed by atoms with Crippen molar-refractivity contribution < 1.29 is 19.4 Å². The Morgan fingerprint density at radius 3 is 2.79 bits per heavy atom. The van der Waals surface area contributed by atoms with E-state index in [9.17, 15) is 9.59 Å². The van der Waals surface area contributed by atoms with Crippen molar-refractivity contribution in [2.24, 2.45) is 0 Å². The minimum Gasteiger partial charge on any atom is -0.478 e. The van der Waals surface area contributed by atoms with Gasteiger partial charge in [-0.05, 0) is 11.6 Å². The molecule has 1 aliphatic heterocycles. The Morgan fingerprint density at radius 1 is 1.50 bits per heavy atom. The van der Waals surface area contributed by atoms with Crippen LogP contribution >= 0.6 is 0 Å². The van der Waals surface area contributed by atoms with Gasteiger partial charge in [-0.2, -0.15) is 0 Å². The molecule has 0 bridgehead atoms. The van der Waals surface area contributed by atoms with E-state index in [2.05, 4.69) is 0 Å². The van der Waals surface area contributed by atoms with Crippen LogP contribution in [-0.2, 0) is 16.0 Å². The zero-order chi connectivity index (χ0) is 10.2. The number of rotatable bonds is 2. The van der Waals surface area contributed by atoms with Gasteiger partial charge in [0.1, 0.15) is 5.75 Å². The highest BCUT2D eigenvalue weighted by Crippen LogP contribution is 2.33. The van der Waals surface area contributed by atoms with Crippen molar-refractivity contribution in [1.29, 1.82) is 0 Å². The largest absolute Gasteiger partial charge is 0.478 e. The lowest BCUT2D eigenvalue weighted by Crippen LogP contribution is -2.45. The molecule has 14 heavy (non-hydrogen) atoms. The van der Waals surface area contributed by atoms with E-state index in [1.165, 1.54) is 0 Å². The van der Waals surface area contributed by atoms with Gasteiger partial charge in [0.15, 0.2) is 6.29 Å². The van der Waals surface area contributed by atoms with Gasteiger partial charge < -0.3 is 9.84 Å². The first-order chi connectivity index (χ1) is 6.68. The number of aliphatic carboxylic acids is 1. The summed E-state index contributed by atoms with van der Waals surface area (Å²) in [4.78, 5) is 21.6. The highest BCUT2D eigenvalue weighted by molar-refractivity contribution is 5.97. The summed E-state index contributed by atoms with van der Waals surface area (Å²) in [6.45, 7) is 0. The second-order valence-electron chi connectivity index (χ2n) is 3.20. The third kappa shape index (κ3) is 1.08. The molecule has 0 aromatic heterocycles. The highest BCUT2D eigenvalue weighted by Gasteiger charge is 2.46. The van der Waals surface area contributed by atoms with Crippen LogP contribution in [0.1, 0.15) is 5.56 Å². The van der Waals surface area contributed by atoms with Crippen LogP contribution in [0.2, 0.25) is 0 Å². The average Bonchev–Trinajstić information content (AvgIpc) is 2.57. The number of carbonyl (C=O) groups is 2. The Kier molecular flexibility index (Phi) is 1.77. The molecule has 1 aromatic rings. The summed E-state index contributed by atoms with van der Waals surface area (Å²) in [5.41, 5.74) is -0.967. The van der Waals surface area contributed by atoms with Crippen LogP contribution in [-0.4, -0.2) is 23.0 Å². The summed E-state index contributed by atoms with van der Waals surface area (Å²) in [6, 6.07) is 6.93. The van der Waals surface area contributed by atoms with Crippen LogP contribution in [0.15, 0.2) is 24.3 Å². The number of benzene rings is 1. The predicted octanol–water partition coefficient (Wildman–Crippen LogP) is 0.644. The van der Waals surface area contributed by atoms with Crippen LogP contribution in [0.3, 0.4) is 0 Å². The van der Waals surface area contributed by atoms with E-state index < -0.39 is 11.6 Å².